The first kappa shape index (κ1) is 27.6. The van der Waals surface area contributed by atoms with E-state index < -0.39 is 11.6 Å². The Kier molecular flexibility index (Phi) is 7.52. The number of fused-ring (bicyclic) bond motifs is 1. The standard InChI is InChI=1S/C28H38N8O4/c1-16(2)21-15-36(27(40)33-21)28(26(39)29-3)12-18-11-19(14-30-20(18)13-28)32-25(38)23(17-7-5-6-8-17)34-24(37)22-9-10-31-35(22)4/h9-11,14,16-17,21,23H,5-8,12-13,15H2,1-4H3,(H,29,39)(H,32,38)(H,33,40)(H,34,37)/t21-,23-,28?/m0/s1. The van der Waals surface area contributed by atoms with Crippen LogP contribution < -0.4 is 21.3 Å². The number of urea groups is 1. The zero-order valence-corrected chi connectivity index (χ0v) is 23.5. The fourth-order valence-corrected chi connectivity index (χ4v) is 6.31. The maximum absolute atomic E-state index is 13.5. The lowest BCUT2D eigenvalue weighted by Crippen LogP contribution is -2.60. The Morgan fingerprint density at radius 2 is 1.93 bits per heavy atom. The van der Waals surface area contributed by atoms with Crippen molar-refractivity contribution in [1.29, 1.82) is 0 Å². The van der Waals surface area contributed by atoms with Gasteiger partial charge in [0.25, 0.3) is 5.91 Å². The van der Waals surface area contributed by atoms with Gasteiger partial charge in [0.1, 0.15) is 17.3 Å². The molecule has 1 unspecified atom stereocenters. The highest BCUT2D eigenvalue weighted by atomic mass is 16.2. The summed E-state index contributed by atoms with van der Waals surface area (Å²) >= 11 is 0. The van der Waals surface area contributed by atoms with Crippen molar-refractivity contribution in [2.24, 2.45) is 18.9 Å². The predicted octanol–water partition coefficient (Wildman–Crippen LogP) is 1.38. The largest absolute Gasteiger partial charge is 0.357 e. The highest BCUT2D eigenvalue weighted by molar-refractivity contribution is 6.01. The Bertz CT molecular complexity index is 1320. The van der Waals surface area contributed by atoms with E-state index in [1.165, 1.54) is 4.68 Å². The van der Waals surface area contributed by atoms with Crippen LogP contribution in [0.3, 0.4) is 0 Å². The number of hydrogen-bond acceptors (Lipinski definition) is 6. The van der Waals surface area contributed by atoms with Gasteiger partial charge >= 0.3 is 6.03 Å². The molecule has 1 saturated heterocycles. The number of nitrogens with zero attached hydrogens (tertiary/aromatic N) is 4. The van der Waals surface area contributed by atoms with Crippen LogP contribution in [-0.2, 0) is 29.5 Å². The summed E-state index contributed by atoms with van der Waals surface area (Å²) in [5.41, 5.74) is 1.30. The maximum Gasteiger partial charge on any atom is 0.318 e. The highest BCUT2D eigenvalue weighted by Gasteiger charge is 2.53. The summed E-state index contributed by atoms with van der Waals surface area (Å²) in [4.78, 5) is 58.9. The van der Waals surface area contributed by atoms with Crippen molar-refractivity contribution in [3.63, 3.8) is 0 Å². The van der Waals surface area contributed by atoms with Crippen LogP contribution in [0.25, 0.3) is 0 Å². The second-order valence-electron chi connectivity index (χ2n) is 11.5. The lowest BCUT2D eigenvalue weighted by molar-refractivity contribution is -0.130. The van der Waals surface area contributed by atoms with Crippen molar-refractivity contribution < 1.29 is 19.2 Å². The number of carbonyl (C=O) groups excluding carboxylic acids is 4. The number of pyridine rings is 1. The third kappa shape index (κ3) is 5.02. The molecule has 12 heteroatoms. The highest BCUT2D eigenvalue weighted by Crippen LogP contribution is 2.37. The van der Waals surface area contributed by atoms with E-state index in [0.717, 1.165) is 36.9 Å². The van der Waals surface area contributed by atoms with E-state index in [-0.39, 0.29) is 41.6 Å². The number of anilines is 1. The number of hydrogen-bond donors (Lipinski definition) is 4. The topological polar surface area (TPSA) is 150 Å². The third-order valence-electron chi connectivity index (χ3n) is 8.67. The molecule has 12 nitrogen and oxygen atoms in total. The van der Waals surface area contributed by atoms with Crippen LogP contribution in [0, 0.1) is 11.8 Å². The number of likely N-dealkylation sites (N-methyl/N-ethyl adjacent to an activating group) is 1. The number of carbonyl (C=O) groups is 4. The van der Waals surface area contributed by atoms with Crippen LogP contribution in [0.2, 0.25) is 0 Å². The van der Waals surface area contributed by atoms with Gasteiger partial charge in [0.05, 0.1) is 17.9 Å². The molecule has 214 valence electrons. The fraction of sp³-hybridized carbons (Fsp3) is 0.571. The van der Waals surface area contributed by atoms with Gasteiger partial charge in [-0.2, -0.15) is 5.10 Å². The molecule has 3 atom stereocenters. The van der Waals surface area contributed by atoms with Gasteiger partial charge in [-0.15, -0.1) is 0 Å². The Labute approximate surface area is 233 Å². The van der Waals surface area contributed by atoms with Gasteiger partial charge in [-0.25, -0.2) is 4.79 Å². The summed E-state index contributed by atoms with van der Waals surface area (Å²) < 4.78 is 1.48. The average Bonchev–Trinajstić information content (AvgIpc) is 3.72. The molecule has 5 rings (SSSR count). The van der Waals surface area contributed by atoms with Crippen molar-refractivity contribution in [3.05, 3.63) is 41.5 Å². The lowest BCUT2D eigenvalue weighted by Gasteiger charge is -2.36. The minimum Gasteiger partial charge on any atom is -0.357 e. The number of rotatable bonds is 8. The van der Waals surface area contributed by atoms with Crippen molar-refractivity contribution in [1.82, 2.24) is 35.6 Å². The molecule has 40 heavy (non-hydrogen) atoms. The van der Waals surface area contributed by atoms with Gasteiger partial charge in [-0.3, -0.25) is 24.0 Å². The number of amides is 5. The summed E-state index contributed by atoms with van der Waals surface area (Å²) in [6, 6.07) is 2.44. The molecule has 4 N–H and O–H groups in total. The van der Waals surface area contributed by atoms with Crippen molar-refractivity contribution in [2.75, 3.05) is 18.9 Å². The van der Waals surface area contributed by atoms with Gasteiger partial charge in [-0.1, -0.05) is 26.7 Å². The van der Waals surface area contributed by atoms with Crippen molar-refractivity contribution in [2.45, 2.75) is 70.0 Å². The Morgan fingerprint density at radius 3 is 2.55 bits per heavy atom. The van der Waals surface area contributed by atoms with E-state index in [1.54, 1.807) is 37.5 Å². The summed E-state index contributed by atoms with van der Waals surface area (Å²) in [6.45, 7) is 4.51. The van der Waals surface area contributed by atoms with E-state index in [0.29, 0.717) is 30.8 Å². The van der Waals surface area contributed by atoms with Gasteiger partial charge in [0, 0.05) is 45.4 Å². The first-order chi connectivity index (χ1) is 19.1. The van der Waals surface area contributed by atoms with Gasteiger partial charge in [0.15, 0.2) is 0 Å². The maximum atomic E-state index is 13.5. The normalized spacial score (nSPS) is 23.2. The van der Waals surface area contributed by atoms with Gasteiger partial charge < -0.3 is 26.2 Å². The van der Waals surface area contributed by atoms with Crippen LogP contribution in [0.15, 0.2) is 24.5 Å². The molecular weight excluding hydrogens is 512 g/mol. The Balaban J connectivity index is 1.35. The van der Waals surface area contributed by atoms with Crippen LogP contribution in [0.4, 0.5) is 10.5 Å². The average molecular weight is 551 g/mol. The predicted molar refractivity (Wildman–Crippen MR) is 147 cm³/mol. The number of aromatic nitrogens is 3. The first-order valence-corrected chi connectivity index (χ1v) is 14.0. The zero-order valence-electron chi connectivity index (χ0n) is 23.5. The summed E-state index contributed by atoms with van der Waals surface area (Å²) in [7, 11) is 3.26. The monoisotopic (exact) mass is 550 g/mol. The Morgan fingerprint density at radius 1 is 1.18 bits per heavy atom. The molecule has 3 aliphatic rings. The number of nitrogens with one attached hydrogen (secondary N) is 4. The van der Waals surface area contributed by atoms with E-state index in [9.17, 15) is 19.2 Å². The van der Waals surface area contributed by atoms with E-state index >= 15 is 0 Å². The SMILES string of the molecule is CNC(=O)C1(N2C[C@@H](C(C)C)NC2=O)Cc2cc(NC(=O)[C@@H](NC(=O)c3ccnn3C)C3CCCC3)cnc2C1. The molecule has 5 amide bonds. The molecule has 1 saturated carbocycles. The molecule has 2 aromatic rings. The molecule has 0 aromatic carbocycles. The smallest absolute Gasteiger partial charge is 0.318 e. The molecule has 0 radical (unpaired) electrons. The van der Waals surface area contributed by atoms with Crippen LogP contribution in [-0.4, -0.2) is 74.6 Å². The quantitative estimate of drug-likeness (QED) is 0.390. The minimum absolute atomic E-state index is 0.0306. The van der Waals surface area contributed by atoms with E-state index in [4.69, 9.17) is 0 Å². The van der Waals surface area contributed by atoms with Crippen LogP contribution >= 0.6 is 0 Å². The van der Waals surface area contributed by atoms with Gasteiger partial charge in [-0.05, 0) is 42.4 Å². The Hall–Kier alpha value is -3.96. The zero-order chi connectivity index (χ0) is 28.6. The molecule has 1 aliphatic heterocycles. The molecule has 2 aliphatic carbocycles. The third-order valence-corrected chi connectivity index (χ3v) is 8.67. The molecule has 0 bridgehead atoms. The molecule has 0 spiro atoms. The second-order valence-corrected chi connectivity index (χ2v) is 11.5. The van der Waals surface area contributed by atoms with E-state index in [2.05, 4.69) is 31.3 Å². The summed E-state index contributed by atoms with van der Waals surface area (Å²) in [5.74, 6) is -0.639. The first-order valence-electron chi connectivity index (χ1n) is 14.0. The number of aryl methyl sites for hydroxylation is 1. The molecular formula is C28H38N8O4. The van der Waals surface area contributed by atoms with Gasteiger partial charge in [0.2, 0.25) is 11.8 Å². The van der Waals surface area contributed by atoms with E-state index in [1.807, 2.05) is 19.9 Å². The van der Waals surface area contributed by atoms with Crippen molar-refractivity contribution >= 4 is 29.4 Å². The van der Waals surface area contributed by atoms with Crippen LogP contribution in [0.1, 0.15) is 61.3 Å². The summed E-state index contributed by atoms with van der Waals surface area (Å²) in [6.07, 6.45) is 7.45. The molecule has 2 aromatic heterocycles. The fourth-order valence-electron chi connectivity index (χ4n) is 6.31. The van der Waals surface area contributed by atoms with Crippen molar-refractivity contribution in [3.8, 4) is 0 Å². The molecule has 3 heterocycles. The molecule has 2 fully saturated rings. The lowest BCUT2D eigenvalue weighted by atomic mass is 9.91. The summed E-state index contributed by atoms with van der Waals surface area (Å²) in [5, 5.41) is 15.7. The second kappa shape index (κ2) is 10.9. The minimum atomic E-state index is -1.09. The van der Waals surface area contributed by atoms with Crippen LogP contribution in [0.5, 0.6) is 0 Å².